The van der Waals surface area contributed by atoms with Crippen molar-refractivity contribution in [1.29, 1.82) is 0 Å². The highest BCUT2D eigenvalue weighted by atomic mass is 79.9. The molecule has 2 aromatic carbocycles. The molecule has 0 saturated heterocycles. The van der Waals surface area contributed by atoms with Crippen LogP contribution >= 0.6 is 15.9 Å². The Kier molecular flexibility index (Phi) is 4.66. The van der Waals surface area contributed by atoms with E-state index in [0.717, 1.165) is 10.0 Å². The fourth-order valence-corrected chi connectivity index (χ4v) is 2.65. The number of carbonyl (C=O) groups excluding carboxylic acids is 1. The first-order valence-corrected chi connectivity index (χ1v) is 7.90. The predicted octanol–water partition coefficient (Wildman–Crippen LogP) is 3.81. The van der Waals surface area contributed by atoms with E-state index in [1.54, 1.807) is 38.5 Å². The SMILES string of the molecule is COc1ccc(OC)c(/C=C2/N=C(c3cccc(Br)c3)OC2=O)c1. The maximum atomic E-state index is 12.1. The van der Waals surface area contributed by atoms with Gasteiger partial charge in [0, 0.05) is 15.6 Å². The summed E-state index contributed by atoms with van der Waals surface area (Å²) in [7, 11) is 3.14. The molecule has 1 heterocycles. The standard InChI is InChI=1S/C18H14BrNO4/c1-22-14-6-7-16(23-2)12(9-14)10-15-18(21)24-17(20-15)11-4-3-5-13(19)8-11/h3-10H,1-2H3/b15-10+. The van der Waals surface area contributed by atoms with Crippen LogP contribution in [0.4, 0.5) is 0 Å². The van der Waals surface area contributed by atoms with Crippen LogP contribution in [0.15, 0.2) is 57.6 Å². The van der Waals surface area contributed by atoms with Gasteiger partial charge in [-0.15, -0.1) is 0 Å². The fourth-order valence-electron chi connectivity index (χ4n) is 2.25. The van der Waals surface area contributed by atoms with E-state index in [1.165, 1.54) is 0 Å². The van der Waals surface area contributed by atoms with Gasteiger partial charge in [0.2, 0.25) is 5.90 Å². The number of nitrogens with zero attached hydrogens (tertiary/aromatic N) is 1. The van der Waals surface area contributed by atoms with Crippen LogP contribution in [0.5, 0.6) is 11.5 Å². The van der Waals surface area contributed by atoms with Crippen molar-refractivity contribution in [1.82, 2.24) is 0 Å². The Morgan fingerprint density at radius 2 is 1.96 bits per heavy atom. The molecule has 24 heavy (non-hydrogen) atoms. The first-order chi connectivity index (χ1) is 11.6. The van der Waals surface area contributed by atoms with E-state index in [9.17, 15) is 4.79 Å². The second-order valence-corrected chi connectivity index (χ2v) is 5.87. The van der Waals surface area contributed by atoms with E-state index in [-0.39, 0.29) is 11.6 Å². The molecule has 122 valence electrons. The van der Waals surface area contributed by atoms with Gasteiger partial charge in [0.05, 0.1) is 14.2 Å². The van der Waals surface area contributed by atoms with E-state index in [0.29, 0.717) is 17.1 Å². The largest absolute Gasteiger partial charge is 0.497 e. The number of halogens is 1. The van der Waals surface area contributed by atoms with Crippen molar-refractivity contribution in [2.75, 3.05) is 14.2 Å². The summed E-state index contributed by atoms with van der Waals surface area (Å²) >= 11 is 3.39. The van der Waals surface area contributed by atoms with Crippen LogP contribution in [0.2, 0.25) is 0 Å². The highest BCUT2D eigenvalue weighted by molar-refractivity contribution is 9.10. The summed E-state index contributed by atoms with van der Waals surface area (Å²) < 4.78 is 16.7. The second-order valence-electron chi connectivity index (χ2n) is 4.95. The molecule has 0 unspecified atom stereocenters. The molecule has 0 atom stereocenters. The van der Waals surface area contributed by atoms with Gasteiger partial charge in [0.25, 0.3) is 0 Å². The molecule has 0 fully saturated rings. The van der Waals surface area contributed by atoms with Crippen molar-refractivity contribution in [2.24, 2.45) is 4.99 Å². The lowest BCUT2D eigenvalue weighted by molar-refractivity contribution is -0.129. The van der Waals surface area contributed by atoms with Gasteiger partial charge in [-0.05, 0) is 42.5 Å². The first-order valence-electron chi connectivity index (χ1n) is 7.11. The number of aliphatic imine (C=N–C) groups is 1. The van der Waals surface area contributed by atoms with Crippen LogP contribution in [0.1, 0.15) is 11.1 Å². The number of carbonyl (C=O) groups is 1. The van der Waals surface area contributed by atoms with Gasteiger partial charge in [-0.1, -0.05) is 22.0 Å². The number of hydrogen-bond acceptors (Lipinski definition) is 5. The van der Waals surface area contributed by atoms with Gasteiger partial charge in [0.15, 0.2) is 5.70 Å². The van der Waals surface area contributed by atoms with Crippen molar-refractivity contribution < 1.29 is 19.0 Å². The summed E-state index contributed by atoms with van der Waals surface area (Å²) in [4.78, 5) is 16.4. The van der Waals surface area contributed by atoms with Gasteiger partial charge in [-0.2, -0.15) is 0 Å². The second kappa shape index (κ2) is 6.88. The molecule has 0 saturated carbocycles. The molecule has 0 amide bonds. The van der Waals surface area contributed by atoms with Crippen LogP contribution in [-0.2, 0) is 9.53 Å². The third-order valence-corrected chi connectivity index (χ3v) is 3.91. The molecule has 0 radical (unpaired) electrons. The minimum Gasteiger partial charge on any atom is -0.497 e. The first kappa shape index (κ1) is 16.3. The number of ether oxygens (including phenoxy) is 3. The van der Waals surface area contributed by atoms with Crippen LogP contribution in [0, 0.1) is 0 Å². The molecule has 0 spiro atoms. The number of esters is 1. The molecule has 5 nitrogen and oxygen atoms in total. The summed E-state index contributed by atoms with van der Waals surface area (Å²) in [5, 5.41) is 0. The quantitative estimate of drug-likeness (QED) is 0.591. The third-order valence-electron chi connectivity index (χ3n) is 3.42. The van der Waals surface area contributed by atoms with Crippen molar-refractivity contribution in [3.63, 3.8) is 0 Å². The average Bonchev–Trinajstić information content (AvgIpc) is 2.95. The predicted molar refractivity (Wildman–Crippen MR) is 94.3 cm³/mol. The lowest BCUT2D eigenvalue weighted by Crippen LogP contribution is -2.05. The van der Waals surface area contributed by atoms with Crippen molar-refractivity contribution in [3.05, 3.63) is 63.8 Å². The monoisotopic (exact) mass is 387 g/mol. The van der Waals surface area contributed by atoms with E-state index in [1.807, 2.05) is 24.3 Å². The number of rotatable bonds is 4. The lowest BCUT2D eigenvalue weighted by Gasteiger charge is -2.07. The Balaban J connectivity index is 2.00. The van der Waals surface area contributed by atoms with Gasteiger partial charge in [0.1, 0.15) is 11.5 Å². The Morgan fingerprint density at radius 3 is 2.67 bits per heavy atom. The van der Waals surface area contributed by atoms with Gasteiger partial charge in [-0.25, -0.2) is 9.79 Å². The van der Waals surface area contributed by atoms with E-state index < -0.39 is 5.97 Å². The fraction of sp³-hybridized carbons (Fsp3) is 0.111. The van der Waals surface area contributed by atoms with Crippen molar-refractivity contribution in [3.8, 4) is 11.5 Å². The highest BCUT2D eigenvalue weighted by Crippen LogP contribution is 2.28. The third kappa shape index (κ3) is 3.33. The summed E-state index contributed by atoms with van der Waals surface area (Å²) in [6.07, 6.45) is 1.62. The van der Waals surface area contributed by atoms with Gasteiger partial charge in [-0.3, -0.25) is 0 Å². The van der Waals surface area contributed by atoms with Crippen molar-refractivity contribution >= 4 is 33.9 Å². The zero-order valence-corrected chi connectivity index (χ0v) is 14.7. The summed E-state index contributed by atoms with van der Waals surface area (Å²) in [5.74, 6) is 1.04. The smallest absolute Gasteiger partial charge is 0.363 e. The Labute approximate surface area is 147 Å². The van der Waals surface area contributed by atoms with Gasteiger partial charge < -0.3 is 14.2 Å². The van der Waals surface area contributed by atoms with Crippen LogP contribution in [-0.4, -0.2) is 26.1 Å². The van der Waals surface area contributed by atoms with Gasteiger partial charge >= 0.3 is 5.97 Å². The van der Waals surface area contributed by atoms with E-state index >= 15 is 0 Å². The molecule has 0 aromatic heterocycles. The number of cyclic esters (lactones) is 1. The zero-order chi connectivity index (χ0) is 17.1. The molecule has 0 aliphatic carbocycles. The lowest BCUT2D eigenvalue weighted by atomic mass is 10.1. The normalized spacial score (nSPS) is 15.2. The minimum atomic E-state index is -0.505. The zero-order valence-electron chi connectivity index (χ0n) is 13.1. The Bertz CT molecular complexity index is 858. The molecular formula is C18H14BrNO4. The van der Waals surface area contributed by atoms with E-state index in [2.05, 4.69) is 20.9 Å². The molecule has 1 aliphatic rings. The van der Waals surface area contributed by atoms with Crippen LogP contribution in [0.25, 0.3) is 6.08 Å². The number of hydrogen-bond donors (Lipinski definition) is 0. The summed E-state index contributed by atoms with van der Waals surface area (Å²) in [5.41, 5.74) is 1.61. The number of methoxy groups -OCH3 is 2. The Hall–Kier alpha value is -2.60. The average molecular weight is 388 g/mol. The van der Waals surface area contributed by atoms with Crippen LogP contribution in [0.3, 0.4) is 0 Å². The molecule has 3 rings (SSSR count). The number of benzene rings is 2. The highest BCUT2D eigenvalue weighted by Gasteiger charge is 2.24. The molecular weight excluding hydrogens is 374 g/mol. The summed E-state index contributed by atoms with van der Waals surface area (Å²) in [6, 6.07) is 12.7. The molecule has 0 N–H and O–H groups in total. The molecule has 2 aromatic rings. The van der Waals surface area contributed by atoms with E-state index in [4.69, 9.17) is 14.2 Å². The topological polar surface area (TPSA) is 57.1 Å². The minimum absolute atomic E-state index is 0.205. The van der Waals surface area contributed by atoms with Crippen molar-refractivity contribution in [2.45, 2.75) is 0 Å². The Morgan fingerprint density at radius 1 is 1.12 bits per heavy atom. The molecule has 6 heteroatoms. The van der Waals surface area contributed by atoms with Crippen LogP contribution < -0.4 is 9.47 Å². The molecule has 0 bridgehead atoms. The maximum absolute atomic E-state index is 12.1. The summed E-state index contributed by atoms with van der Waals surface area (Å²) in [6.45, 7) is 0. The molecule has 1 aliphatic heterocycles. The maximum Gasteiger partial charge on any atom is 0.363 e.